The third-order valence-corrected chi connectivity index (χ3v) is 2.73. The lowest BCUT2D eigenvalue weighted by Gasteiger charge is -2.12. The summed E-state index contributed by atoms with van der Waals surface area (Å²) in [5.41, 5.74) is 0. The van der Waals surface area contributed by atoms with Crippen molar-refractivity contribution in [2.24, 2.45) is 17.8 Å². The van der Waals surface area contributed by atoms with E-state index in [1.165, 1.54) is 6.92 Å². The van der Waals surface area contributed by atoms with E-state index in [-0.39, 0.29) is 23.4 Å². The summed E-state index contributed by atoms with van der Waals surface area (Å²) >= 11 is 0. The molecule has 1 aliphatic carbocycles. The first-order valence-electron chi connectivity index (χ1n) is 4.07. The van der Waals surface area contributed by atoms with Crippen molar-refractivity contribution in [3.05, 3.63) is 0 Å². The monoisotopic (exact) mass is 154 g/mol. The van der Waals surface area contributed by atoms with Crippen molar-refractivity contribution in [1.82, 2.24) is 0 Å². The maximum absolute atomic E-state index is 11.2. The first-order valence-corrected chi connectivity index (χ1v) is 4.07. The molecule has 11 heavy (non-hydrogen) atoms. The Morgan fingerprint density at radius 1 is 1.45 bits per heavy atom. The van der Waals surface area contributed by atoms with Gasteiger partial charge in [0.15, 0.2) is 0 Å². The van der Waals surface area contributed by atoms with Gasteiger partial charge in [0.25, 0.3) is 0 Å². The molecule has 1 aliphatic rings. The molecule has 0 aromatic rings. The Balaban J connectivity index is 2.79. The molecule has 2 nitrogen and oxygen atoms in total. The molecule has 1 fully saturated rings. The summed E-state index contributed by atoms with van der Waals surface area (Å²) < 4.78 is 0. The van der Waals surface area contributed by atoms with E-state index in [4.69, 9.17) is 0 Å². The van der Waals surface area contributed by atoms with Crippen LogP contribution in [0.25, 0.3) is 0 Å². The van der Waals surface area contributed by atoms with Gasteiger partial charge in [-0.15, -0.1) is 0 Å². The first-order chi connectivity index (χ1) is 5.04. The van der Waals surface area contributed by atoms with Gasteiger partial charge in [-0.05, 0) is 18.8 Å². The molecule has 2 heteroatoms. The fourth-order valence-electron chi connectivity index (χ4n) is 1.85. The molecule has 1 unspecified atom stereocenters. The maximum Gasteiger partial charge on any atom is 0.143 e. The van der Waals surface area contributed by atoms with Crippen LogP contribution >= 0.6 is 0 Å². The molecule has 0 amide bonds. The zero-order valence-corrected chi connectivity index (χ0v) is 7.26. The van der Waals surface area contributed by atoms with E-state index < -0.39 is 0 Å². The van der Waals surface area contributed by atoms with Gasteiger partial charge < -0.3 is 0 Å². The Hall–Kier alpha value is -0.660. The van der Waals surface area contributed by atoms with Gasteiger partial charge in [0.2, 0.25) is 0 Å². The Morgan fingerprint density at radius 3 is 2.18 bits per heavy atom. The summed E-state index contributed by atoms with van der Waals surface area (Å²) in [5.74, 6) is 0.505. The standard InChI is InChI=1S/C9H14O2/c1-5-4-8(11)9(6(5)2)7(3)10/h5-6,9H,4H2,1-3H3/t5-,6+,9?/m0/s1. The molecule has 0 spiro atoms. The van der Waals surface area contributed by atoms with Crippen LogP contribution in [0.5, 0.6) is 0 Å². The van der Waals surface area contributed by atoms with Crippen LogP contribution in [0.1, 0.15) is 27.2 Å². The molecule has 0 saturated heterocycles. The van der Waals surface area contributed by atoms with Crippen LogP contribution in [0, 0.1) is 17.8 Å². The topological polar surface area (TPSA) is 34.1 Å². The van der Waals surface area contributed by atoms with Gasteiger partial charge in [-0.2, -0.15) is 0 Å². The van der Waals surface area contributed by atoms with Crippen LogP contribution in [-0.4, -0.2) is 11.6 Å². The quantitative estimate of drug-likeness (QED) is 0.535. The van der Waals surface area contributed by atoms with Gasteiger partial charge in [0.05, 0.1) is 5.92 Å². The molecule has 0 radical (unpaired) electrons. The minimum Gasteiger partial charge on any atom is -0.299 e. The highest BCUT2D eigenvalue weighted by Crippen LogP contribution is 2.33. The Morgan fingerprint density at radius 2 is 2.00 bits per heavy atom. The van der Waals surface area contributed by atoms with Crippen LogP contribution < -0.4 is 0 Å². The summed E-state index contributed by atoms with van der Waals surface area (Å²) in [6.07, 6.45) is 0.589. The molecule has 3 atom stereocenters. The fourth-order valence-corrected chi connectivity index (χ4v) is 1.85. The molecule has 1 saturated carbocycles. The second-order valence-corrected chi connectivity index (χ2v) is 3.60. The second-order valence-electron chi connectivity index (χ2n) is 3.60. The third kappa shape index (κ3) is 1.35. The molecule has 0 heterocycles. The maximum atomic E-state index is 11.2. The molecule has 62 valence electrons. The van der Waals surface area contributed by atoms with Crippen LogP contribution in [0.3, 0.4) is 0 Å². The predicted molar refractivity (Wildman–Crippen MR) is 42.1 cm³/mol. The Kier molecular flexibility index (Phi) is 2.12. The molecular weight excluding hydrogens is 140 g/mol. The average molecular weight is 154 g/mol. The highest BCUT2D eigenvalue weighted by atomic mass is 16.1. The smallest absolute Gasteiger partial charge is 0.143 e. The van der Waals surface area contributed by atoms with E-state index in [1.54, 1.807) is 0 Å². The lowest BCUT2D eigenvalue weighted by atomic mass is 9.90. The van der Waals surface area contributed by atoms with Crippen molar-refractivity contribution >= 4 is 11.6 Å². The summed E-state index contributed by atoms with van der Waals surface area (Å²) in [6, 6.07) is 0. The highest BCUT2D eigenvalue weighted by molar-refractivity contribution is 6.03. The summed E-state index contributed by atoms with van der Waals surface area (Å²) in [6.45, 7) is 5.53. The minimum atomic E-state index is -0.301. The van der Waals surface area contributed by atoms with Gasteiger partial charge in [-0.25, -0.2) is 0 Å². The summed E-state index contributed by atoms with van der Waals surface area (Å²) in [4.78, 5) is 22.2. The summed E-state index contributed by atoms with van der Waals surface area (Å²) in [7, 11) is 0. The van der Waals surface area contributed by atoms with Gasteiger partial charge in [-0.1, -0.05) is 13.8 Å². The van der Waals surface area contributed by atoms with Crippen molar-refractivity contribution < 1.29 is 9.59 Å². The number of ketones is 2. The van der Waals surface area contributed by atoms with Crippen molar-refractivity contribution in [2.75, 3.05) is 0 Å². The lowest BCUT2D eigenvalue weighted by Crippen LogP contribution is -2.21. The van der Waals surface area contributed by atoms with Crippen molar-refractivity contribution in [3.8, 4) is 0 Å². The molecule has 0 aromatic carbocycles. The number of carbonyl (C=O) groups excluding carboxylic acids is 2. The van der Waals surface area contributed by atoms with Gasteiger partial charge in [0, 0.05) is 6.42 Å². The Labute approximate surface area is 67.0 Å². The van der Waals surface area contributed by atoms with Crippen LogP contribution in [-0.2, 0) is 9.59 Å². The number of rotatable bonds is 1. The normalized spacial score (nSPS) is 37.7. The zero-order chi connectivity index (χ0) is 8.59. The van der Waals surface area contributed by atoms with Gasteiger partial charge in [-0.3, -0.25) is 9.59 Å². The van der Waals surface area contributed by atoms with Crippen molar-refractivity contribution in [1.29, 1.82) is 0 Å². The molecular formula is C9H14O2. The van der Waals surface area contributed by atoms with E-state index in [0.717, 1.165) is 0 Å². The SMILES string of the molecule is CC(=O)C1C(=O)C[C@H](C)[C@H]1C. The van der Waals surface area contributed by atoms with E-state index in [1.807, 2.05) is 13.8 Å². The van der Waals surface area contributed by atoms with Crippen LogP contribution in [0.15, 0.2) is 0 Å². The highest BCUT2D eigenvalue weighted by Gasteiger charge is 2.39. The average Bonchev–Trinajstić information content (AvgIpc) is 2.07. The molecule has 1 rings (SSSR count). The number of carbonyl (C=O) groups is 2. The third-order valence-electron chi connectivity index (χ3n) is 2.73. The molecule has 0 N–H and O–H groups in total. The largest absolute Gasteiger partial charge is 0.299 e. The van der Waals surface area contributed by atoms with Crippen LogP contribution in [0.4, 0.5) is 0 Å². The number of hydrogen-bond donors (Lipinski definition) is 0. The van der Waals surface area contributed by atoms with E-state index in [0.29, 0.717) is 12.3 Å². The van der Waals surface area contributed by atoms with Crippen LogP contribution in [0.2, 0.25) is 0 Å². The first kappa shape index (κ1) is 8.44. The number of hydrogen-bond acceptors (Lipinski definition) is 2. The number of Topliss-reactive ketones (excluding diaryl/α,β-unsaturated/α-hetero) is 2. The predicted octanol–water partition coefficient (Wildman–Crippen LogP) is 1.44. The lowest BCUT2D eigenvalue weighted by molar-refractivity contribution is -0.130. The van der Waals surface area contributed by atoms with Gasteiger partial charge in [0.1, 0.15) is 11.6 Å². The molecule has 0 aliphatic heterocycles. The molecule has 0 aromatic heterocycles. The summed E-state index contributed by atoms with van der Waals surface area (Å²) in [5, 5.41) is 0. The van der Waals surface area contributed by atoms with E-state index in [9.17, 15) is 9.59 Å². The van der Waals surface area contributed by atoms with Crippen molar-refractivity contribution in [2.45, 2.75) is 27.2 Å². The minimum absolute atomic E-state index is 0.0341. The fraction of sp³-hybridized carbons (Fsp3) is 0.778. The van der Waals surface area contributed by atoms with E-state index >= 15 is 0 Å². The van der Waals surface area contributed by atoms with Gasteiger partial charge >= 0.3 is 0 Å². The van der Waals surface area contributed by atoms with E-state index in [2.05, 4.69) is 0 Å². The van der Waals surface area contributed by atoms with Crippen molar-refractivity contribution in [3.63, 3.8) is 0 Å². The molecule has 0 bridgehead atoms. The zero-order valence-electron chi connectivity index (χ0n) is 7.26. The Bertz CT molecular complexity index is 196. The second kappa shape index (κ2) is 2.76.